The Hall–Kier alpha value is -1.43. The van der Waals surface area contributed by atoms with Gasteiger partial charge in [-0.2, -0.15) is 0 Å². The first kappa shape index (κ1) is 17.9. The standard InChI is InChI=1S/C18H27NO4/c1-23-17-12-15(8-9-16(17)21)18(22)19(10-5-11-20)13-14-6-3-2-4-7-14/h2-4,6-7,15-17,20-21H,5,8-13H2,1H3/t15-,16+,17-/m1/s1. The lowest BCUT2D eigenvalue weighted by atomic mass is 9.84. The zero-order valence-electron chi connectivity index (χ0n) is 13.7. The molecule has 3 atom stereocenters. The fraction of sp³-hybridized carbons (Fsp3) is 0.611. The highest BCUT2D eigenvalue weighted by Gasteiger charge is 2.34. The monoisotopic (exact) mass is 321 g/mol. The van der Waals surface area contributed by atoms with E-state index in [0.29, 0.717) is 38.8 Å². The molecule has 1 saturated carbocycles. The molecule has 0 saturated heterocycles. The van der Waals surface area contributed by atoms with Gasteiger partial charge in [0.2, 0.25) is 5.91 Å². The summed E-state index contributed by atoms with van der Waals surface area (Å²) in [6.45, 7) is 1.17. The smallest absolute Gasteiger partial charge is 0.226 e. The number of carbonyl (C=O) groups is 1. The molecular formula is C18H27NO4. The molecule has 128 valence electrons. The first-order chi connectivity index (χ1) is 11.2. The predicted octanol–water partition coefficient (Wildman–Crippen LogP) is 1.57. The van der Waals surface area contributed by atoms with Crippen molar-refractivity contribution in [3.8, 4) is 0 Å². The summed E-state index contributed by atoms with van der Waals surface area (Å²) in [4.78, 5) is 14.7. The Morgan fingerprint density at radius 1 is 1.30 bits per heavy atom. The van der Waals surface area contributed by atoms with Gasteiger partial charge in [-0.1, -0.05) is 30.3 Å². The zero-order chi connectivity index (χ0) is 16.7. The lowest BCUT2D eigenvalue weighted by Gasteiger charge is -2.34. The number of rotatable bonds is 7. The third kappa shape index (κ3) is 5.03. The number of hydrogen-bond acceptors (Lipinski definition) is 4. The molecule has 0 aromatic heterocycles. The second kappa shape index (κ2) is 9.01. The average molecular weight is 321 g/mol. The topological polar surface area (TPSA) is 70.0 Å². The van der Waals surface area contributed by atoms with Gasteiger partial charge in [-0.3, -0.25) is 4.79 Å². The molecule has 1 aliphatic carbocycles. The summed E-state index contributed by atoms with van der Waals surface area (Å²) in [6.07, 6.45) is 1.65. The summed E-state index contributed by atoms with van der Waals surface area (Å²) in [7, 11) is 1.58. The van der Waals surface area contributed by atoms with Gasteiger partial charge in [0, 0.05) is 32.7 Å². The maximum Gasteiger partial charge on any atom is 0.226 e. The van der Waals surface area contributed by atoms with Gasteiger partial charge in [0.05, 0.1) is 12.2 Å². The van der Waals surface area contributed by atoms with Crippen molar-refractivity contribution in [2.45, 2.75) is 44.4 Å². The molecule has 0 bridgehead atoms. The van der Waals surface area contributed by atoms with Gasteiger partial charge < -0.3 is 19.8 Å². The van der Waals surface area contributed by atoms with E-state index in [2.05, 4.69) is 0 Å². The number of ether oxygens (including phenoxy) is 1. The molecule has 1 amide bonds. The number of nitrogens with zero attached hydrogens (tertiary/aromatic N) is 1. The van der Waals surface area contributed by atoms with Crippen LogP contribution in [0.4, 0.5) is 0 Å². The third-order valence-electron chi connectivity index (χ3n) is 4.52. The van der Waals surface area contributed by atoms with Crippen LogP contribution in [0.5, 0.6) is 0 Å². The van der Waals surface area contributed by atoms with E-state index in [0.717, 1.165) is 5.56 Å². The zero-order valence-corrected chi connectivity index (χ0v) is 13.7. The van der Waals surface area contributed by atoms with Crippen LogP contribution in [0.15, 0.2) is 30.3 Å². The van der Waals surface area contributed by atoms with Crippen LogP contribution in [-0.4, -0.2) is 53.5 Å². The van der Waals surface area contributed by atoms with Gasteiger partial charge in [0.1, 0.15) is 0 Å². The minimum Gasteiger partial charge on any atom is -0.396 e. The van der Waals surface area contributed by atoms with Crippen LogP contribution in [0.1, 0.15) is 31.2 Å². The summed E-state index contributed by atoms with van der Waals surface area (Å²) >= 11 is 0. The van der Waals surface area contributed by atoms with Crippen LogP contribution >= 0.6 is 0 Å². The van der Waals surface area contributed by atoms with Crippen LogP contribution in [0, 0.1) is 5.92 Å². The molecule has 5 nitrogen and oxygen atoms in total. The number of carbonyl (C=O) groups excluding carboxylic acids is 1. The van der Waals surface area contributed by atoms with E-state index in [1.165, 1.54) is 0 Å². The number of hydrogen-bond donors (Lipinski definition) is 2. The van der Waals surface area contributed by atoms with E-state index in [9.17, 15) is 9.90 Å². The number of methoxy groups -OCH3 is 1. The summed E-state index contributed by atoms with van der Waals surface area (Å²) in [5, 5.41) is 19.0. The Balaban J connectivity index is 2.03. The molecule has 0 unspecified atom stereocenters. The van der Waals surface area contributed by atoms with Crippen LogP contribution in [0.2, 0.25) is 0 Å². The first-order valence-electron chi connectivity index (χ1n) is 8.30. The molecule has 23 heavy (non-hydrogen) atoms. The Labute approximate surface area is 137 Å². The van der Waals surface area contributed by atoms with Crippen LogP contribution < -0.4 is 0 Å². The molecule has 1 aromatic carbocycles. The highest BCUT2D eigenvalue weighted by atomic mass is 16.5. The second-order valence-corrected chi connectivity index (χ2v) is 6.17. The highest BCUT2D eigenvalue weighted by Crippen LogP contribution is 2.28. The van der Waals surface area contributed by atoms with E-state index in [4.69, 9.17) is 9.84 Å². The number of aliphatic hydroxyl groups excluding tert-OH is 2. The maximum absolute atomic E-state index is 12.9. The van der Waals surface area contributed by atoms with E-state index >= 15 is 0 Å². The molecule has 1 fully saturated rings. The molecule has 1 aromatic rings. The summed E-state index contributed by atoms with van der Waals surface area (Å²) in [6, 6.07) is 9.88. The molecule has 5 heteroatoms. The number of amides is 1. The molecule has 0 spiro atoms. The lowest BCUT2D eigenvalue weighted by Crippen LogP contribution is -2.43. The Kier molecular flexibility index (Phi) is 7.02. The third-order valence-corrected chi connectivity index (χ3v) is 4.52. The van der Waals surface area contributed by atoms with Crippen molar-refractivity contribution in [2.24, 2.45) is 5.92 Å². The fourth-order valence-corrected chi connectivity index (χ4v) is 3.18. The van der Waals surface area contributed by atoms with Crippen molar-refractivity contribution in [1.29, 1.82) is 0 Å². The molecule has 2 N–H and O–H groups in total. The minimum atomic E-state index is -0.482. The van der Waals surface area contributed by atoms with Crippen molar-refractivity contribution in [1.82, 2.24) is 4.90 Å². The second-order valence-electron chi connectivity index (χ2n) is 6.17. The van der Waals surface area contributed by atoms with Crippen molar-refractivity contribution in [3.63, 3.8) is 0 Å². The Bertz CT molecular complexity index is 479. The van der Waals surface area contributed by atoms with Crippen molar-refractivity contribution in [3.05, 3.63) is 35.9 Å². The molecule has 0 aliphatic heterocycles. The van der Waals surface area contributed by atoms with E-state index < -0.39 is 6.10 Å². The van der Waals surface area contributed by atoms with Crippen LogP contribution in [-0.2, 0) is 16.1 Å². The van der Waals surface area contributed by atoms with Gasteiger partial charge in [-0.05, 0) is 31.2 Å². The van der Waals surface area contributed by atoms with Gasteiger partial charge in [0.25, 0.3) is 0 Å². The van der Waals surface area contributed by atoms with Crippen LogP contribution in [0.3, 0.4) is 0 Å². The predicted molar refractivity (Wildman–Crippen MR) is 87.7 cm³/mol. The van der Waals surface area contributed by atoms with Gasteiger partial charge in [0.15, 0.2) is 0 Å². The molecular weight excluding hydrogens is 294 g/mol. The lowest BCUT2D eigenvalue weighted by molar-refractivity contribution is -0.141. The van der Waals surface area contributed by atoms with E-state index in [1.54, 1.807) is 7.11 Å². The van der Waals surface area contributed by atoms with Crippen LogP contribution in [0.25, 0.3) is 0 Å². The van der Waals surface area contributed by atoms with Gasteiger partial charge in [-0.25, -0.2) is 0 Å². The van der Waals surface area contributed by atoms with Crippen molar-refractivity contribution < 1.29 is 19.7 Å². The molecule has 1 aliphatic rings. The SMILES string of the molecule is CO[C@@H]1C[C@H](C(=O)N(CCCO)Cc2ccccc2)CC[C@@H]1O. The van der Waals surface area contributed by atoms with Gasteiger partial charge >= 0.3 is 0 Å². The number of benzene rings is 1. The normalized spacial score (nSPS) is 24.4. The van der Waals surface area contributed by atoms with Crippen molar-refractivity contribution >= 4 is 5.91 Å². The molecule has 2 rings (SSSR count). The largest absolute Gasteiger partial charge is 0.396 e. The average Bonchev–Trinajstić information content (AvgIpc) is 2.59. The maximum atomic E-state index is 12.9. The van der Waals surface area contributed by atoms with E-state index in [1.807, 2.05) is 35.2 Å². The summed E-state index contributed by atoms with van der Waals surface area (Å²) < 4.78 is 5.30. The fourth-order valence-electron chi connectivity index (χ4n) is 3.18. The Morgan fingerprint density at radius 3 is 2.70 bits per heavy atom. The summed E-state index contributed by atoms with van der Waals surface area (Å²) in [5.41, 5.74) is 1.08. The minimum absolute atomic E-state index is 0.0721. The molecule has 0 radical (unpaired) electrons. The molecule has 0 heterocycles. The highest BCUT2D eigenvalue weighted by molar-refractivity contribution is 5.79. The number of aliphatic hydroxyl groups is 2. The van der Waals surface area contributed by atoms with Crippen molar-refractivity contribution in [2.75, 3.05) is 20.3 Å². The van der Waals surface area contributed by atoms with Gasteiger partial charge in [-0.15, -0.1) is 0 Å². The van der Waals surface area contributed by atoms with E-state index in [-0.39, 0.29) is 24.5 Å². The Morgan fingerprint density at radius 2 is 2.04 bits per heavy atom. The first-order valence-corrected chi connectivity index (χ1v) is 8.30. The summed E-state index contributed by atoms with van der Waals surface area (Å²) in [5.74, 6) is -0.0259. The quantitative estimate of drug-likeness (QED) is 0.800.